The van der Waals surface area contributed by atoms with E-state index < -0.39 is 45.9 Å². The van der Waals surface area contributed by atoms with Crippen molar-refractivity contribution in [3.8, 4) is 11.1 Å². The zero-order valence-electron chi connectivity index (χ0n) is 16.6. The van der Waals surface area contributed by atoms with Gasteiger partial charge in [-0.3, -0.25) is 0 Å². The molecule has 0 aliphatic heterocycles. The van der Waals surface area contributed by atoms with Gasteiger partial charge in [-0.2, -0.15) is 0 Å². The van der Waals surface area contributed by atoms with Crippen molar-refractivity contribution < 1.29 is 31.5 Å². The van der Waals surface area contributed by atoms with Crippen LogP contribution in [0.1, 0.15) is 22.2 Å². The van der Waals surface area contributed by atoms with E-state index in [-0.39, 0.29) is 17.2 Å². The summed E-state index contributed by atoms with van der Waals surface area (Å²) in [6, 6.07) is 8.94. The molecule has 0 saturated carbocycles. The molecule has 0 fully saturated rings. The van der Waals surface area contributed by atoms with Crippen LogP contribution in [0.3, 0.4) is 0 Å². The third kappa shape index (κ3) is 4.44. The summed E-state index contributed by atoms with van der Waals surface area (Å²) in [5, 5.41) is 4.28. The highest BCUT2D eigenvalue weighted by Crippen LogP contribution is 2.40. The van der Waals surface area contributed by atoms with Crippen molar-refractivity contribution >= 4 is 45.3 Å². The maximum absolute atomic E-state index is 14.0. The number of esters is 1. The summed E-state index contributed by atoms with van der Waals surface area (Å²) in [7, 11) is 0. The second-order valence-electron chi connectivity index (χ2n) is 6.35. The fourth-order valence-corrected chi connectivity index (χ4v) is 4.28. The third-order valence-electron chi connectivity index (χ3n) is 4.30. The predicted octanol–water partition coefficient (Wildman–Crippen LogP) is 6.40. The number of nitrogens with one attached hydrogen (secondary N) is 2. The molecule has 0 spiro atoms. The molecule has 3 rings (SSSR count). The number of benzene rings is 2. The SMILES string of the molecule is CCOC(=O)c1c(NC(=S)Nc2c(F)c(F)c(F)c(F)c2F)sc(C)c1-c1ccccc1. The number of halogens is 5. The normalized spacial score (nSPS) is 10.7. The Morgan fingerprint density at radius 1 is 0.969 bits per heavy atom. The van der Waals surface area contributed by atoms with Crippen LogP contribution in [0.5, 0.6) is 0 Å². The van der Waals surface area contributed by atoms with Gasteiger partial charge in [-0.05, 0) is 31.6 Å². The Labute approximate surface area is 189 Å². The minimum atomic E-state index is -2.28. The Morgan fingerprint density at radius 2 is 1.53 bits per heavy atom. The number of thiophene rings is 1. The molecular weight excluding hydrogens is 471 g/mol. The highest BCUT2D eigenvalue weighted by Gasteiger charge is 2.28. The Bertz CT molecular complexity index is 1170. The molecule has 11 heteroatoms. The van der Waals surface area contributed by atoms with Gasteiger partial charge in [0.1, 0.15) is 16.3 Å². The van der Waals surface area contributed by atoms with Crippen LogP contribution in [-0.2, 0) is 4.74 Å². The largest absolute Gasteiger partial charge is 0.462 e. The lowest BCUT2D eigenvalue weighted by Crippen LogP contribution is -2.22. The fourth-order valence-electron chi connectivity index (χ4n) is 2.95. The number of hydrogen-bond acceptors (Lipinski definition) is 4. The van der Waals surface area contributed by atoms with Crippen LogP contribution in [0.4, 0.5) is 32.6 Å². The van der Waals surface area contributed by atoms with Crippen molar-refractivity contribution in [2.24, 2.45) is 0 Å². The molecule has 168 valence electrons. The molecule has 32 heavy (non-hydrogen) atoms. The van der Waals surface area contributed by atoms with E-state index in [1.54, 1.807) is 44.2 Å². The van der Waals surface area contributed by atoms with Crippen molar-refractivity contribution in [1.82, 2.24) is 0 Å². The van der Waals surface area contributed by atoms with E-state index in [1.165, 1.54) is 0 Å². The molecule has 2 aromatic carbocycles. The lowest BCUT2D eigenvalue weighted by Gasteiger charge is -2.13. The van der Waals surface area contributed by atoms with Gasteiger partial charge < -0.3 is 15.4 Å². The summed E-state index contributed by atoms with van der Waals surface area (Å²) >= 11 is 6.11. The molecule has 0 radical (unpaired) electrons. The molecule has 3 aromatic rings. The van der Waals surface area contributed by atoms with Gasteiger partial charge in [0.05, 0.1) is 6.61 Å². The second-order valence-corrected chi connectivity index (χ2v) is 7.98. The molecule has 0 amide bonds. The summed E-state index contributed by atoms with van der Waals surface area (Å²) in [6.45, 7) is 3.47. The first-order valence-corrected chi connectivity index (χ1v) is 10.3. The van der Waals surface area contributed by atoms with Gasteiger partial charge in [0.15, 0.2) is 28.4 Å². The summed E-state index contributed by atoms with van der Waals surface area (Å²) in [6.07, 6.45) is 0. The van der Waals surface area contributed by atoms with Crippen LogP contribution < -0.4 is 10.6 Å². The minimum absolute atomic E-state index is 0.0919. The number of thiocarbonyl (C=S) groups is 1. The highest BCUT2D eigenvalue weighted by molar-refractivity contribution is 7.80. The van der Waals surface area contributed by atoms with Gasteiger partial charge in [0.2, 0.25) is 5.82 Å². The number of carbonyl (C=O) groups excluding carboxylic acids is 1. The van der Waals surface area contributed by atoms with E-state index in [1.807, 2.05) is 5.32 Å². The maximum atomic E-state index is 14.0. The van der Waals surface area contributed by atoms with E-state index in [9.17, 15) is 26.7 Å². The summed E-state index contributed by atoms with van der Waals surface area (Å²) < 4.78 is 73.2. The van der Waals surface area contributed by atoms with E-state index in [4.69, 9.17) is 17.0 Å². The number of anilines is 2. The highest BCUT2D eigenvalue weighted by atomic mass is 32.1. The zero-order chi connectivity index (χ0) is 23.6. The number of aryl methyl sites for hydroxylation is 1. The molecule has 0 atom stereocenters. The zero-order valence-corrected chi connectivity index (χ0v) is 18.2. The summed E-state index contributed by atoms with van der Waals surface area (Å²) in [4.78, 5) is 13.4. The van der Waals surface area contributed by atoms with E-state index >= 15 is 0 Å². The van der Waals surface area contributed by atoms with E-state index in [0.717, 1.165) is 16.9 Å². The molecule has 0 unspecified atom stereocenters. The molecule has 2 N–H and O–H groups in total. The topological polar surface area (TPSA) is 50.4 Å². The van der Waals surface area contributed by atoms with Crippen LogP contribution in [0.15, 0.2) is 30.3 Å². The van der Waals surface area contributed by atoms with Gasteiger partial charge in [-0.25, -0.2) is 26.7 Å². The fraction of sp³-hybridized carbons (Fsp3) is 0.143. The van der Waals surface area contributed by atoms with Gasteiger partial charge in [0.25, 0.3) is 0 Å². The predicted molar refractivity (Wildman–Crippen MR) is 117 cm³/mol. The number of carbonyl (C=O) groups is 1. The standard InChI is InChI=1S/C21H15F5N2O2S2/c1-3-30-20(29)12-11(10-7-5-4-6-8-10)9(2)32-19(12)28-21(31)27-18-16(25)14(23)13(22)15(24)17(18)26/h4-8H,3H2,1-2H3,(H2,27,28,31). The molecule has 0 aliphatic rings. The quantitative estimate of drug-likeness (QED) is 0.144. The number of ether oxygens (including phenoxy) is 1. The molecule has 1 aromatic heterocycles. The van der Waals surface area contributed by atoms with Crippen LogP contribution in [0.2, 0.25) is 0 Å². The van der Waals surface area contributed by atoms with Crippen LogP contribution in [0, 0.1) is 36.0 Å². The molecule has 0 bridgehead atoms. The Balaban J connectivity index is 2.00. The summed E-state index contributed by atoms with van der Waals surface area (Å²) in [5.41, 5.74) is 0.0989. The molecule has 0 saturated heterocycles. The number of rotatable bonds is 5. The number of hydrogen-bond donors (Lipinski definition) is 2. The van der Waals surface area contributed by atoms with Gasteiger partial charge in [-0.15, -0.1) is 11.3 Å². The molecule has 1 heterocycles. The van der Waals surface area contributed by atoms with Crippen molar-refractivity contribution in [3.63, 3.8) is 0 Å². The van der Waals surface area contributed by atoms with Crippen LogP contribution in [0.25, 0.3) is 11.1 Å². The van der Waals surface area contributed by atoms with Crippen LogP contribution in [-0.4, -0.2) is 17.7 Å². The average Bonchev–Trinajstić information content (AvgIpc) is 3.10. The lowest BCUT2D eigenvalue weighted by atomic mass is 10.0. The van der Waals surface area contributed by atoms with Crippen molar-refractivity contribution in [2.45, 2.75) is 13.8 Å². The van der Waals surface area contributed by atoms with Crippen molar-refractivity contribution in [2.75, 3.05) is 17.2 Å². The first kappa shape index (κ1) is 23.6. The second kappa shape index (κ2) is 9.61. The minimum Gasteiger partial charge on any atom is -0.462 e. The smallest absolute Gasteiger partial charge is 0.341 e. The molecule has 0 aliphatic carbocycles. The Hall–Kier alpha value is -3.05. The molecule has 4 nitrogen and oxygen atoms in total. The first-order valence-electron chi connectivity index (χ1n) is 9.12. The van der Waals surface area contributed by atoms with Gasteiger partial charge >= 0.3 is 5.97 Å². The lowest BCUT2D eigenvalue weighted by molar-refractivity contribution is 0.0529. The van der Waals surface area contributed by atoms with E-state index in [2.05, 4.69) is 5.32 Å². The maximum Gasteiger partial charge on any atom is 0.341 e. The summed E-state index contributed by atoms with van der Waals surface area (Å²) in [5.74, 6) is -11.3. The van der Waals surface area contributed by atoms with Gasteiger partial charge in [-0.1, -0.05) is 30.3 Å². The Kier molecular flexibility index (Phi) is 7.09. The molecular formula is C21H15F5N2O2S2. The monoisotopic (exact) mass is 486 g/mol. The average molecular weight is 486 g/mol. The Morgan fingerprint density at radius 3 is 2.09 bits per heavy atom. The first-order chi connectivity index (χ1) is 15.2. The third-order valence-corrected chi connectivity index (χ3v) is 5.53. The van der Waals surface area contributed by atoms with Crippen LogP contribution >= 0.6 is 23.6 Å². The van der Waals surface area contributed by atoms with E-state index in [0.29, 0.717) is 10.4 Å². The van der Waals surface area contributed by atoms with Crippen molar-refractivity contribution in [3.05, 3.63) is 69.9 Å². The van der Waals surface area contributed by atoms with Crippen molar-refractivity contribution in [1.29, 1.82) is 0 Å². The van der Waals surface area contributed by atoms with Gasteiger partial charge in [0, 0.05) is 10.4 Å².